The molecular formula is C19H21ClN4O2. The fourth-order valence-electron chi connectivity index (χ4n) is 2.43. The molecule has 2 N–H and O–H groups in total. The van der Waals surface area contributed by atoms with Crippen LogP contribution < -0.4 is 15.4 Å². The Morgan fingerprint density at radius 3 is 2.73 bits per heavy atom. The van der Waals surface area contributed by atoms with E-state index in [-0.39, 0.29) is 11.6 Å². The van der Waals surface area contributed by atoms with Crippen LogP contribution in [0.3, 0.4) is 0 Å². The van der Waals surface area contributed by atoms with Gasteiger partial charge in [-0.1, -0.05) is 23.7 Å². The number of benzene rings is 1. The van der Waals surface area contributed by atoms with Crippen molar-refractivity contribution in [1.82, 2.24) is 14.7 Å². The van der Waals surface area contributed by atoms with E-state index in [0.29, 0.717) is 23.0 Å². The number of pyridine rings is 1. The summed E-state index contributed by atoms with van der Waals surface area (Å²) in [7, 11) is 0. The molecule has 1 aromatic carbocycles. The van der Waals surface area contributed by atoms with Gasteiger partial charge in [0.1, 0.15) is 17.0 Å². The van der Waals surface area contributed by atoms with Crippen molar-refractivity contribution in [2.75, 3.05) is 5.32 Å². The monoisotopic (exact) mass is 372 g/mol. The van der Waals surface area contributed by atoms with Gasteiger partial charge in [-0.05, 0) is 45.0 Å². The Hall–Kier alpha value is -2.73. The molecule has 0 bridgehead atoms. The van der Waals surface area contributed by atoms with E-state index in [1.807, 2.05) is 55.6 Å². The highest BCUT2D eigenvalue weighted by molar-refractivity contribution is 6.30. The van der Waals surface area contributed by atoms with Crippen molar-refractivity contribution in [3.63, 3.8) is 0 Å². The van der Waals surface area contributed by atoms with Gasteiger partial charge in [-0.3, -0.25) is 0 Å². The zero-order valence-corrected chi connectivity index (χ0v) is 15.7. The lowest BCUT2D eigenvalue weighted by Gasteiger charge is -2.23. The van der Waals surface area contributed by atoms with Crippen molar-refractivity contribution in [3.8, 4) is 5.75 Å². The van der Waals surface area contributed by atoms with E-state index in [1.54, 1.807) is 18.3 Å². The van der Waals surface area contributed by atoms with Crippen LogP contribution in [0.4, 0.5) is 10.5 Å². The second-order valence-electron chi connectivity index (χ2n) is 6.86. The van der Waals surface area contributed by atoms with Gasteiger partial charge in [0.05, 0.1) is 22.9 Å². The molecule has 0 radical (unpaired) electrons. The van der Waals surface area contributed by atoms with Crippen molar-refractivity contribution in [3.05, 3.63) is 59.5 Å². The average Bonchev–Trinajstić information content (AvgIpc) is 2.95. The normalized spacial score (nSPS) is 11.4. The summed E-state index contributed by atoms with van der Waals surface area (Å²) in [4.78, 5) is 16.7. The Morgan fingerprint density at radius 2 is 1.96 bits per heavy atom. The number of fused-ring (bicyclic) bond motifs is 1. The summed E-state index contributed by atoms with van der Waals surface area (Å²) in [5, 5.41) is 6.24. The van der Waals surface area contributed by atoms with Crippen molar-refractivity contribution in [1.29, 1.82) is 0 Å². The first kappa shape index (κ1) is 18.1. The standard InChI is InChI=1S/C19H21ClN4O2/c1-19(2,3)26-16-7-5-4-6-15(16)23-18(25)21-10-14-12-24-11-13(20)8-9-17(24)22-14/h4-9,11-12H,10H2,1-3H3,(H2,21,23,25). The number of nitrogens with zero attached hydrogens (tertiary/aromatic N) is 2. The number of amides is 2. The van der Waals surface area contributed by atoms with Crippen LogP contribution in [0.15, 0.2) is 48.8 Å². The largest absolute Gasteiger partial charge is 0.486 e. The molecule has 0 atom stereocenters. The molecule has 0 unspecified atom stereocenters. The number of halogens is 1. The van der Waals surface area contributed by atoms with Gasteiger partial charge in [0, 0.05) is 12.4 Å². The number of hydrogen-bond donors (Lipinski definition) is 2. The molecule has 0 aliphatic carbocycles. The van der Waals surface area contributed by atoms with Crippen molar-refractivity contribution < 1.29 is 9.53 Å². The molecule has 0 spiro atoms. The summed E-state index contributed by atoms with van der Waals surface area (Å²) in [5.41, 5.74) is 1.77. The maximum atomic E-state index is 12.2. The first-order valence-corrected chi connectivity index (χ1v) is 8.64. The van der Waals surface area contributed by atoms with Crippen LogP contribution >= 0.6 is 11.6 Å². The molecule has 2 amide bonds. The van der Waals surface area contributed by atoms with E-state index in [0.717, 1.165) is 11.3 Å². The third kappa shape index (κ3) is 4.67. The van der Waals surface area contributed by atoms with Gasteiger partial charge in [-0.2, -0.15) is 0 Å². The molecule has 0 aliphatic rings. The number of para-hydroxylation sites is 2. The minimum atomic E-state index is -0.355. The molecule has 136 valence electrons. The fraction of sp³-hybridized carbons (Fsp3) is 0.263. The van der Waals surface area contributed by atoms with Gasteiger partial charge in [-0.15, -0.1) is 0 Å². The molecule has 3 rings (SSSR count). The number of rotatable bonds is 4. The molecule has 0 saturated carbocycles. The molecule has 3 aromatic rings. The minimum absolute atomic E-state index is 0.299. The lowest BCUT2D eigenvalue weighted by Crippen LogP contribution is -2.29. The summed E-state index contributed by atoms with van der Waals surface area (Å²) in [6, 6.07) is 10.6. The summed E-state index contributed by atoms with van der Waals surface area (Å²) in [6.45, 7) is 6.17. The van der Waals surface area contributed by atoms with Crippen molar-refractivity contribution in [2.24, 2.45) is 0 Å². The Labute approximate surface area is 157 Å². The third-order valence-electron chi connectivity index (χ3n) is 3.45. The predicted molar refractivity (Wildman–Crippen MR) is 103 cm³/mol. The predicted octanol–water partition coefficient (Wildman–Crippen LogP) is 4.49. The summed E-state index contributed by atoms with van der Waals surface area (Å²) in [6.07, 6.45) is 3.60. The zero-order valence-electron chi connectivity index (χ0n) is 14.9. The fourth-order valence-corrected chi connectivity index (χ4v) is 2.60. The maximum absolute atomic E-state index is 12.2. The van der Waals surface area contributed by atoms with Crippen LogP contribution in [0.5, 0.6) is 5.75 Å². The Kier molecular flexibility index (Phi) is 5.04. The number of urea groups is 1. The number of aromatic nitrogens is 2. The lowest BCUT2D eigenvalue weighted by molar-refractivity contribution is 0.132. The van der Waals surface area contributed by atoms with Gasteiger partial charge in [0.15, 0.2) is 0 Å². The summed E-state index contributed by atoms with van der Waals surface area (Å²) < 4.78 is 7.70. The Morgan fingerprint density at radius 1 is 1.19 bits per heavy atom. The highest BCUT2D eigenvalue weighted by Crippen LogP contribution is 2.27. The third-order valence-corrected chi connectivity index (χ3v) is 3.67. The van der Waals surface area contributed by atoms with Gasteiger partial charge >= 0.3 is 6.03 Å². The topological polar surface area (TPSA) is 67.7 Å². The second-order valence-corrected chi connectivity index (χ2v) is 7.30. The molecule has 6 nitrogen and oxygen atoms in total. The van der Waals surface area contributed by atoms with Gasteiger partial charge in [0.2, 0.25) is 0 Å². The molecule has 26 heavy (non-hydrogen) atoms. The smallest absolute Gasteiger partial charge is 0.319 e. The zero-order chi connectivity index (χ0) is 18.7. The maximum Gasteiger partial charge on any atom is 0.319 e. The molecule has 2 aromatic heterocycles. The van der Waals surface area contributed by atoms with E-state index in [2.05, 4.69) is 15.6 Å². The summed E-state index contributed by atoms with van der Waals surface area (Å²) in [5.74, 6) is 0.623. The first-order chi connectivity index (χ1) is 12.3. The molecule has 0 aliphatic heterocycles. The van der Waals surface area contributed by atoms with E-state index in [9.17, 15) is 4.79 Å². The van der Waals surface area contributed by atoms with E-state index < -0.39 is 0 Å². The number of carbonyl (C=O) groups is 1. The van der Waals surface area contributed by atoms with Crippen LogP contribution in [0, 0.1) is 0 Å². The molecular weight excluding hydrogens is 352 g/mol. The van der Waals surface area contributed by atoms with Crippen molar-refractivity contribution >= 4 is 29.0 Å². The molecule has 2 heterocycles. The number of hydrogen-bond acceptors (Lipinski definition) is 3. The van der Waals surface area contributed by atoms with Crippen LogP contribution in [0.1, 0.15) is 26.5 Å². The summed E-state index contributed by atoms with van der Waals surface area (Å²) >= 11 is 5.97. The van der Waals surface area contributed by atoms with Crippen molar-refractivity contribution in [2.45, 2.75) is 32.9 Å². The van der Waals surface area contributed by atoms with E-state index in [1.165, 1.54) is 0 Å². The van der Waals surface area contributed by atoms with Gasteiger partial charge < -0.3 is 19.8 Å². The first-order valence-electron chi connectivity index (χ1n) is 8.26. The minimum Gasteiger partial charge on any atom is -0.486 e. The number of anilines is 1. The number of ether oxygens (including phenoxy) is 1. The highest BCUT2D eigenvalue weighted by atomic mass is 35.5. The number of nitrogens with one attached hydrogen (secondary N) is 2. The van der Waals surface area contributed by atoms with Crippen LogP contribution in [0.25, 0.3) is 5.65 Å². The SMILES string of the molecule is CC(C)(C)Oc1ccccc1NC(=O)NCc1cn2cc(Cl)ccc2n1. The molecule has 7 heteroatoms. The van der Waals surface area contributed by atoms with Gasteiger partial charge in [0.25, 0.3) is 0 Å². The number of imidazole rings is 1. The van der Waals surface area contributed by atoms with Crippen LogP contribution in [-0.4, -0.2) is 21.0 Å². The Balaban J connectivity index is 1.64. The Bertz CT molecular complexity index is 931. The van der Waals surface area contributed by atoms with Gasteiger partial charge in [-0.25, -0.2) is 9.78 Å². The lowest BCUT2D eigenvalue weighted by atomic mass is 10.2. The van der Waals surface area contributed by atoms with Crippen LogP contribution in [0.2, 0.25) is 5.02 Å². The number of carbonyl (C=O) groups excluding carboxylic acids is 1. The highest BCUT2D eigenvalue weighted by Gasteiger charge is 2.15. The van der Waals surface area contributed by atoms with E-state index in [4.69, 9.17) is 16.3 Å². The molecule has 0 fully saturated rings. The average molecular weight is 373 g/mol. The van der Waals surface area contributed by atoms with Crippen LogP contribution in [-0.2, 0) is 6.54 Å². The second kappa shape index (κ2) is 7.25. The van der Waals surface area contributed by atoms with E-state index >= 15 is 0 Å². The quantitative estimate of drug-likeness (QED) is 0.709. The molecule has 0 saturated heterocycles.